The summed E-state index contributed by atoms with van der Waals surface area (Å²) in [5.41, 5.74) is 0. The van der Waals surface area contributed by atoms with Gasteiger partial charge < -0.3 is 10.1 Å². The molecule has 0 heterocycles. The number of hydrogen-bond donors (Lipinski definition) is 1. The first-order valence-corrected chi connectivity index (χ1v) is 7.93. The van der Waals surface area contributed by atoms with E-state index in [9.17, 15) is 0 Å². The third kappa shape index (κ3) is 7.38. The van der Waals surface area contributed by atoms with Crippen LogP contribution in [0.25, 0.3) is 0 Å². The van der Waals surface area contributed by atoms with E-state index in [0.29, 0.717) is 12.1 Å². The van der Waals surface area contributed by atoms with Gasteiger partial charge in [-0.1, -0.05) is 40.5 Å². The Morgan fingerprint density at radius 2 is 1.56 bits per heavy atom. The van der Waals surface area contributed by atoms with Gasteiger partial charge in [0.1, 0.15) is 0 Å². The van der Waals surface area contributed by atoms with Gasteiger partial charge in [0.25, 0.3) is 0 Å². The summed E-state index contributed by atoms with van der Waals surface area (Å²) in [6.45, 7) is 11.1. The third-order valence-electron chi connectivity index (χ3n) is 3.70. The fourth-order valence-corrected chi connectivity index (χ4v) is 2.94. The lowest BCUT2D eigenvalue weighted by molar-refractivity contribution is 0.0584. The summed E-state index contributed by atoms with van der Waals surface area (Å²) in [6, 6.07) is 0.664. The average molecular weight is 255 g/mol. The van der Waals surface area contributed by atoms with Gasteiger partial charge in [0.15, 0.2) is 0 Å². The first kappa shape index (κ1) is 16.0. The van der Waals surface area contributed by atoms with Crippen LogP contribution in [0.15, 0.2) is 0 Å². The minimum Gasteiger partial charge on any atom is -0.377 e. The van der Waals surface area contributed by atoms with Crippen molar-refractivity contribution in [1.29, 1.82) is 0 Å². The van der Waals surface area contributed by atoms with Crippen LogP contribution >= 0.6 is 0 Å². The first-order chi connectivity index (χ1) is 8.58. The number of hydrogen-bond acceptors (Lipinski definition) is 2. The SMILES string of the molecule is CC(C)CC(CC(C)C)NCCOC1CCCC1. The second-order valence-corrected chi connectivity index (χ2v) is 6.69. The van der Waals surface area contributed by atoms with Crippen LogP contribution in [0.4, 0.5) is 0 Å². The zero-order valence-electron chi connectivity index (χ0n) is 12.9. The Balaban J connectivity index is 2.11. The molecule has 1 aliphatic rings. The highest BCUT2D eigenvalue weighted by molar-refractivity contribution is 4.71. The molecule has 2 nitrogen and oxygen atoms in total. The van der Waals surface area contributed by atoms with E-state index < -0.39 is 0 Å². The molecule has 0 bridgehead atoms. The molecule has 0 atom stereocenters. The Morgan fingerprint density at radius 1 is 1.00 bits per heavy atom. The van der Waals surface area contributed by atoms with Crippen molar-refractivity contribution in [3.63, 3.8) is 0 Å². The zero-order chi connectivity index (χ0) is 13.4. The van der Waals surface area contributed by atoms with E-state index in [1.165, 1.54) is 38.5 Å². The lowest BCUT2D eigenvalue weighted by Gasteiger charge is -2.23. The van der Waals surface area contributed by atoms with Gasteiger partial charge >= 0.3 is 0 Å². The number of nitrogens with one attached hydrogen (secondary N) is 1. The predicted molar refractivity (Wildman–Crippen MR) is 78.9 cm³/mol. The maximum atomic E-state index is 5.90. The molecule has 1 saturated carbocycles. The molecule has 108 valence electrons. The Kier molecular flexibility index (Phi) is 7.92. The Labute approximate surface area is 114 Å². The summed E-state index contributed by atoms with van der Waals surface area (Å²) in [7, 11) is 0. The van der Waals surface area contributed by atoms with Crippen molar-refractivity contribution in [2.24, 2.45) is 11.8 Å². The minimum atomic E-state index is 0.556. The van der Waals surface area contributed by atoms with Crippen molar-refractivity contribution >= 4 is 0 Å². The molecule has 0 aromatic rings. The molecule has 1 N–H and O–H groups in total. The Hall–Kier alpha value is -0.0800. The molecule has 2 heteroatoms. The summed E-state index contributed by atoms with van der Waals surface area (Å²) in [6.07, 6.45) is 8.40. The lowest BCUT2D eigenvalue weighted by Crippen LogP contribution is -2.34. The van der Waals surface area contributed by atoms with E-state index in [-0.39, 0.29) is 0 Å². The van der Waals surface area contributed by atoms with Crippen LogP contribution in [0, 0.1) is 11.8 Å². The monoisotopic (exact) mass is 255 g/mol. The molecule has 0 amide bonds. The van der Waals surface area contributed by atoms with Crippen molar-refractivity contribution in [2.75, 3.05) is 13.2 Å². The molecular weight excluding hydrogens is 222 g/mol. The average Bonchev–Trinajstić information content (AvgIpc) is 2.75. The molecule has 0 radical (unpaired) electrons. The highest BCUT2D eigenvalue weighted by Gasteiger charge is 2.16. The zero-order valence-corrected chi connectivity index (χ0v) is 12.9. The number of rotatable bonds is 9. The first-order valence-electron chi connectivity index (χ1n) is 7.93. The minimum absolute atomic E-state index is 0.556. The largest absolute Gasteiger partial charge is 0.377 e. The smallest absolute Gasteiger partial charge is 0.0594 e. The van der Waals surface area contributed by atoms with Gasteiger partial charge in [0.2, 0.25) is 0 Å². The Bertz CT molecular complexity index is 187. The number of ether oxygens (including phenoxy) is 1. The van der Waals surface area contributed by atoms with Crippen LogP contribution in [-0.4, -0.2) is 25.3 Å². The molecule has 0 aliphatic heterocycles. The van der Waals surface area contributed by atoms with Crippen molar-refractivity contribution < 1.29 is 4.74 Å². The molecular formula is C16H33NO. The van der Waals surface area contributed by atoms with Gasteiger partial charge in [-0.25, -0.2) is 0 Å². The molecule has 0 saturated heterocycles. The quantitative estimate of drug-likeness (QED) is 0.629. The lowest BCUT2D eigenvalue weighted by atomic mass is 9.96. The second kappa shape index (κ2) is 8.92. The highest BCUT2D eigenvalue weighted by atomic mass is 16.5. The predicted octanol–water partition coefficient (Wildman–Crippen LogP) is 4.00. The second-order valence-electron chi connectivity index (χ2n) is 6.69. The van der Waals surface area contributed by atoms with E-state index in [4.69, 9.17) is 4.74 Å². The van der Waals surface area contributed by atoms with Crippen LogP contribution in [0.3, 0.4) is 0 Å². The van der Waals surface area contributed by atoms with E-state index in [1.807, 2.05) is 0 Å². The van der Waals surface area contributed by atoms with Gasteiger partial charge in [-0.2, -0.15) is 0 Å². The van der Waals surface area contributed by atoms with Crippen molar-refractivity contribution in [2.45, 2.75) is 78.4 Å². The van der Waals surface area contributed by atoms with Gasteiger partial charge in [-0.15, -0.1) is 0 Å². The molecule has 0 spiro atoms. The molecule has 18 heavy (non-hydrogen) atoms. The topological polar surface area (TPSA) is 21.3 Å². The summed E-state index contributed by atoms with van der Waals surface area (Å²) >= 11 is 0. The van der Waals surface area contributed by atoms with Crippen molar-refractivity contribution in [1.82, 2.24) is 5.32 Å². The highest BCUT2D eigenvalue weighted by Crippen LogP contribution is 2.20. The van der Waals surface area contributed by atoms with Crippen molar-refractivity contribution in [3.8, 4) is 0 Å². The van der Waals surface area contributed by atoms with Crippen LogP contribution in [0.2, 0.25) is 0 Å². The fraction of sp³-hybridized carbons (Fsp3) is 1.00. The van der Waals surface area contributed by atoms with Gasteiger partial charge in [-0.3, -0.25) is 0 Å². The van der Waals surface area contributed by atoms with Crippen LogP contribution in [0.5, 0.6) is 0 Å². The maximum Gasteiger partial charge on any atom is 0.0594 e. The molecule has 1 fully saturated rings. The summed E-state index contributed by atoms with van der Waals surface area (Å²) < 4.78 is 5.90. The molecule has 0 aromatic carbocycles. The summed E-state index contributed by atoms with van der Waals surface area (Å²) in [4.78, 5) is 0. The van der Waals surface area contributed by atoms with Crippen LogP contribution in [0.1, 0.15) is 66.2 Å². The van der Waals surface area contributed by atoms with E-state index in [2.05, 4.69) is 33.0 Å². The third-order valence-corrected chi connectivity index (χ3v) is 3.70. The van der Waals surface area contributed by atoms with Crippen LogP contribution in [-0.2, 0) is 4.74 Å². The van der Waals surface area contributed by atoms with E-state index in [0.717, 1.165) is 25.0 Å². The van der Waals surface area contributed by atoms with Gasteiger partial charge in [0, 0.05) is 12.6 Å². The maximum absolute atomic E-state index is 5.90. The normalized spacial score (nSPS) is 17.5. The molecule has 0 unspecified atom stereocenters. The molecule has 0 aromatic heterocycles. The Morgan fingerprint density at radius 3 is 2.06 bits per heavy atom. The van der Waals surface area contributed by atoms with E-state index >= 15 is 0 Å². The summed E-state index contributed by atoms with van der Waals surface area (Å²) in [5.74, 6) is 1.55. The standard InChI is InChI=1S/C16H33NO/c1-13(2)11-15(12-14(3)4)17-9-10-18-16-7-5-6-8-16/h13-17H,5-12H2,1-4H3. The van der Waals surface area contributed by atoms with Crippen LogP contribution < -0.4 is 5.32 Å². The van der Waals surface area contributed by atoms with Gasteiger partial charge in [0.05, 0.1) is 12.7 Å². The molecule has 1 rings (SSSR count). The van der Waals surface area contributed by atoms with E-state index in [1.54, 1.807) is 0 Å². The van der Waals surface area contributed by atoms with Crippen molar-refractivity contribution in [3.05, 3.63) is 0 Å². The van der Waals surface area contributed by atoms with Gasteiger partial charge in [-0.05, 0) is 37.5 Å². The molecule has 1 aliphatic carbocycles. The summed E-state index contributed by atoms with van der Waals surface area (Å²) in [5, 5.41) is 3.68. The fourth-order valence-electron chi connectivity index (χ4n) is 2.94.